The Morgan fingerprint density at radius 3 is 2.71 bits per heavy atom. The van der Waals surface area contributed by atoms with Gasteiger partial charge in [0.05, 0.1) is 11.8 Å². The van der Waals surface area contributed by atoms with Crippen LogP contribution in [0.15, 0.2) is 18.2 Å². The number of halogens is 2. The molecule has 3 unspecified atom stereocenters. The molecule has 4 nitrogen and oxygen atoms in total. The van der Waals surface area contributed by atoms with Gasteiger partial charge in [-0.25, -0.2) is 8.78 Å². The minimum atomic E-state index is -1.00. The van der Waals surface area contributed by atoms with Crippen molar-refractivity contribution < 1.29 is 18.4 Å². The lowest BCUT2D eigenvalue weighted by Gasteiger charge is -2.35. The molecular weight excluding hydrogens is 314 g/mol. The first kappa shape index (κ1) is 16.9. The molecule has 24 heavy (non-hydrogen) atoms. The van der Waals surface area contributed by atoms with Crippen LogP contribution in [0.1, 0.15) is 39.0 Å². The molecule has 2 amide bonds. The molecule has 1 aromatic carbocycles. The number of rotatable bonds is 4. The second-order valence-electron chi connectivity index (χ2n) is 6.66. The molecule has 2 aliphatic rings. The smallest absolute Gasteiger partial charge is 0.228 e. The summed E-state index contributed by atoms with van der Waals surface area (Å²) in [4.78, 5) is 26.8. The second kappa shape index (κ2) is 6.87. The molecule has 0 aromatic heterocycles. The molecule has 0 bridgehead atoms. The number of anilines is 1. The van der Waals surface area contributed by atoms with E-state index in [2.05, 4.69) is 12.2 Å². The molecule has 3 rings (SSSR count). The molecule has 1 saturated heterocycles. The molecule has 130 valence electrons. The van der Waals surface area contributed by atoms with Crippen molar-refractivity contribution in [3.63, 3.8) is 0 Å². The third kappa shape index (κ3) is 3.42. The Morgan fingerprint density at radius 1 is 1.21 bits per heavy atom. The van der Waals surface area contributed by atoms with Crippen molar-refractivity contribution in [1.82, 2.24) is 4.90 Å². The van der Waals surface area contributed by atoms with Crippen LogP contribution in [0, 0.1) is 23.5 Å². The van der Waals surface area contributed by atoms with Gasteiger partial charge in [0.2, 0.25) is 11.8 Å². The van der Waals surface area contributed by atoms with Gasteiger partial charge in [-0.15, -0.1) is 0 Å². The molecule has 0 spiro atoms. The van der Waals surface area contributed by atoms with Crippen LogP contribution in [0.2, 0.25) is 0 Å². The van der Waals surface area contributed by atoms with E-state index in [9.17, 15) is 18.4 Å². The fourth-order valence-corrected chi connectivity index (χ4v) is 3.49. The molecule has 1 heterocycles. The van der Waals surface area contributed by atoms with E-state index in [0.29, 0.717) is 6.42 Å². The molecule has 1 N–H and O–H groups in total. The molecule has 0 radical (unpaired) electrons. The summed E-state index contributed by atoms with van der Waals surface area (Å²) in [5.74, 6) is -2.84. The standard InChI is InChI=1S/C18H22F2N2O2/c1-2-12-5-3-4-8-22(12)18(24)14-10-13(14)17(23)21-11-6-7-15(19)16(20)9-11/h6-7,9,12-14H,2-5,8,10H2,1H3,(H,21,23). The fourth-order valence-electron chi connectivity index (χ4n) is 3.49. The van der Waals surface area contributed by atoms with Crippen molar-refractivity contribution in [3.8, 4) is 0 Å². The van der Waals surface area contributed by atoms with Gasteiger partial charge >= 0.3 is 0 Å². The van der Waals surface area contributed by atoms with Crippen molar-refractivity contribution in [2.75, 3.05) is 11.9 Å². The molecule has 1 aromatic rings. The summed E-state index contributed by atoms with van der Waals surface area (Å²) in [6, 6.07) is 3.51. The first-order valence-corrected chi connectivity index (χ1v) is 8.57. The van der Waals surface area contributed by atoms with Gasteiger partial charge in [-0.3, -0.25) is 9.59 Å². The third-order valence-corrected chi connectivity index (χ3v) is 5.01. The van der Waals surface area contributed by atoms with Gasteiger partial charge in [0.1, 0.15) is 0 Å². The Hall–Kier alpha value is -1.98. The predicted octanol–water partition coefficient (Wildman–Crippen LogP) is 3.33. The van der Waals surface area contributed by atoms with Gasteiger partial charge in [-0.05, 0) is 44.2 Å². The summed E-state index contributed by atoms with van der Waals surface area (Å²) in [5.41, 5.74) is 0.210. The van der Waals surface area contributed by atoms with Crippen molar-refractivity contribution in [3.05, 3.63) is 29.8 Å². The zero-order chi connectivity index (χ0) is 17.3. The Kier molecular flexibility index (Phi) is 4.83. The Morgan fingerprint density at radius 2 is 2.00 bits per heavy atom. The highest BCUT2D eigenvalue weighted by atomic mass is 19.2. The number of hydrogen-bond donors (Lipinski definition) is 1. The topological polar surface area (TPSA) is 49.4 Å². The van der Waals surface area contributed by atoms with E-state index in [1.165, 1.54) is 6.07 Å². The number of piperidine rings is 1. The van der Waals surface area contributed by atoms with Crippen molar-refractivity contribution in [1.29, 1.82) is 0 Å². The number of benzene rings is 1. The van der Waals surface area contributed by atoms with Crippen LogP contribution in [-0.2, 0) is 9.59 Å². The van der Waals surface area contributed by atoms with Gasteiger partial charge in [0.25, 0.3) is 0 Å². The average molecular weight is 336 g/mol. The summed E-state index contributed by atoms with van der Waals surface area (Å²) < 4.78 is 26.1. The van der Waals surface area contributed by atoms with E-state index in [0.717, 1.165) is 44.4 Å². The van der Waals surface area contributed by atoms with E-state index in [-0.39, 0.29) is 35.4 Å². The summed E-state index contributed by atoms with van der Waals surface area (Å²) in [7, 11) is 0. The maximum absolute atomic E-state index is 13.2. The van der Waals surface area contributed by atoms with Crippen molar-refractivity contribution >= 4 is 17.5 Å². The van der Waals surface area contributed by atoms with Gasteiger partial charge in [0.15, 0.2) is 11.6 Å². The molecule has 3 atom stereocenters. The SMILES string of the molecule is CCC1CCCCN1C(=O)C1CC1C(=O)Nc1ccc(F)c(F)c1. The number of carbonyl (C=O) groups excluding carboxylic acids is 2. The van der Waals surface area contributed by atoms with E-state index in [1.54, 1.807) is 0 Å². The molecule has 1 aliphatic heterocycles. The predicted molar refractivity (Wildman–Crippen MR) is 86.2 cm³/mol. The normalized spacial score (nSPS) is 26.1. The van der Waals surface area contributed by atoms with Crippen LogP contribution >= 0.6 is 0 Å². The first-order chi connectivity index (χ1) is 11.5. The van der Waals surface area contributed by atoms with Crippen LogP contribution in [0.3, 0.4) is 0 Å². The highest BCUT2D eigenvalue weighted by Gasteiger charge is 2.50. The second-order valence-corrected chi connectivity index (χ2v) is 6.66. The van der Waals surface area contributed by atoms with Crippen LogP contribution in [-0.4, -0.2) is 29.3 Å². The lowest BCUT2D eigenvalue weighted by Crippen LogP contribution is -2.44. The van der Waals surface area contributed by atoms with Crippen LogP contribution in [0.5, 0.6) is 0 Å². The Balaban J connectivity index is 1.58. The lowest BCUT2D eigenvalue weighted by molar-refractivity contribution is -0.137. The van der Waals surface area contributed by atoms with E-state index in [1.807, 2.05) is 4.90 Å². The van der Waals surface area contributed by atoms with Gasteiger partial charge in [0, 0.05) is 24.3 Å². The molecule has 6 heteroatoms. The van der Waals surface area contributed by atoms with Gasteiger partial charge in [-0.2, -0.15) is 0 Å². The maximum atomic E-state index is 13.2. The van der Waals surface area contributed by atoms with Crippen LogP contribution in [0.4, 0.5) is 14.5 Å². The average Bonchev–Trinajstić information content (AvgIpc) is 3.38. The number of hydrogen-bond acceptors (Lipinski definition) is 2. The molecule has 1 aliphatic carbocycles. The number of amides is 2. The van der Waals surface area contributed by atoms with E-state index >= 15 is 0 Å². The quantitative estimate of drug-likeness (QED) is 0.917. The largest absolute Gasteiger partial charge is 0.339 e. The zero-order valence-electron chi connectivity index (χ0n) is 13.7. The number of likely N-dealkylation sites (tertiary alicyclic amines) is 1. The number of nitrogens with one attached hydrogen (secondary N) is 1. The monoisotopic (exact) mass is 336 g/mol. The number of carbonyl (C=O) groups is 2. The summed E-state index contributed by atoms with van der Waals surface area (Å²) in [6.07, 6.45) is 4.65. The highest BCUT2D eigenvalue weighted by Crippen LogP contribution is 2.42. The van der Waals surface area contributed by atoms with Crippen molar-refractivity contribution in [2.24, 2.45) is 11.8 Å². The van der Waals surface area contributed by atoms with Crippen LogP contribution < -0.4 is 5.32 Å². The third-order valence-electron chi connectivity index (χ3n) is 5.01. The minimum Gasteiger partial charge on any atom is -0.339 e. The first-order valence-electron chi connectivity index (χ1n) is 8.57. The maximum Gasteiger partial charge on any atom is 0.228 e. The van der Waals surface area contributed by atoms with Gasteiger partial charge < -0.3 is 10.2 Å². The molecule has 2 fully saturated rings. The summed E-state index contributed by atoms with van der Waals surface area (Å²) in [5, 5.41) is 2.57. The molecular formula is C18H22F2N2O2. The van der Waals surface area contributed by atoms with E-state index in [4.69, 9.17) is 0 Å². The van der Waals surface area contributed by atoms with Gasteiger partial charge in [-0.1, -0.05) is 6.92 Å². The van der Waals surface area contributed by atoms with Crippen LogP contribution in [0.25, 0.3) is 0 Å². The summed E-state index contributed by atoms with van der Waals surface area (Å²) >= 11 is 0. The Labute approximate surface area is 140 Å². The number of nitrogens with zero attached hydrogens (tertiary/aromatic N) is 1. The zero-order valence-corrected chi connectivity index (χ0v) is 13.7. The Bertz CT molecular complexity index is 650. The summed E-state index contributed by atoms with van der Waals surface area (Å²) in [6.45, 7) is 2.85. The highest BCUT2D eigenvalue weighted by molar-refractivity contribution is 5.99. The van der Waals surface area contributed by atoms with E-state index < -0.39 is 11.6 Å². The fraction of sp³-hybridized carbons (Fsp3) is 0.556. The van der Waals surface area contributed by atoms with Crippen molar-refractivity contribution in [2.45, 2.75) is 45.1 Å². The lowest BCUT2D eigenvalue weighted by atomic mass is 9.99. The molecule has 1 saturated carbocycles. The minimum absolute atomic E-state index is 0.0620.